The molecular formula is C21H23N3O6S3. The molecule has 1 unspecified atom stereocenters. The summed E-state index contributed by atoms with van der Waals surface area (Å²) in [6.45, 7) is 2.52. The van der Waals surface area contributed by atoms with Crippen molar-refractivity contribution in [2.45, 2.75) is 36.6 Å². The van der Waals surface area contributed by atoms with Crippen LogP contribution in [0, 0.1) is 0 Å². The third kappa shape index (κ3) is 4.74. The highest BCUT2D eigenvalue weighted by atomic mass is 32.2. The molecule has 4 rings (SSSR count). The van der Waals surface area contributed by atoms with Gasteiger partial charge in [0.2, 0.25) is 0 Å². The van der Waals surface area contributed by atoms with Gasteiger partial charge in [0.15, 0.2) is 4.80 Å². The van der Waals surface area contributed by atoms with Crippen molar-refractivity contribution in [3.8, 4) is 5.75 Å². The molecule has 1 aromatic carbocycles. The predicted octanol–water partition coefficient (Wildman–Crippen LogP) is 2.62. The van der Waals surface area contributed by atoms with Crippen molar-refractivity contribution in [3.05, 3.63) is 40.5 Å². The maximum absolute atomic E-state index is 13.2. The van der Waals surface area contributed by atoms with Gasteiger partial charge >= 0.3 is 5.97 Å². The molecule has 3 aromatic rings. The molecule has 0 N–H and O–H groups in total. The van der Waals surface area contributed by atoms with Gasteiger partial charge in [0.1, 0.15) is 22.5 Å². The van der Waals surface area contributed by atoms with Crippen LogP contribution in [0.4, 0.5) is 0 Å². The Bertz CT molecular complexity index is 1340. The second-order valence-electron chi connectivity index (χ2n) is 7.27. The number of rotatable bonds is 7. The molecule has 0 bridgehead atoms. The molecule has 0 spiro atoms. The van der Waals surface area contributed by atoms with Gasteiger partial charge in [-0.05, 0) is 49.4 Å². The van der Waals surface area contributed by atoms with E-state index in [0.717, 1.165) is 16.0 Å². The van der Waals surface area contributed by atoms with E-state index < -0.39 is 27.9 Å². The van der Waals surface area contributed by atoms with E-state index in [4.69, 9.17) is 9.47 Å². The first-order valence-electron chi connectivity index (χ1n) is 10.3. The summed E-state index contributed by atoms with van der Waals surface area (Å²) in [5.41, 5.74) is 0.704. The van der Waals surface area contributed by atoms with Crippen molar-refractivity contribution in [1.29, 1.82) is 0 Å². The standard InChI is InChI=1S/C21H23N3O6S3/c1-3-30-14-8-9-15-17(12-14)32-21(23(15)13-18(25)29-2)22-20(26)16-6-4-10-24(16)33(27,28)19-7-5-11-31-19/h5,7-9,11-12,16H,3-4,6,10,13H2,1-2H3. The fourth-order valence-corrected chi connectivity index (χ4v) is 7.54. The van der Waals surface area contributed by atoms with E-state index in [2.05, 4.69) is 4.99 Å². The summed E-state index contributed by atoms with van der Waals surface area (Å²) in [4.78, 5) is 29.8. The number of carbonyl (C=O) groups is 2. The van der Waals surface area contributed by atoms with E-state index in [1.54, 1.807) is 28.1 Å². The molecule has 0 radical (unpaired) electrons. The summed E-state index contributed by atoms with van der Waals surface area (Å²) >= 11 is 2.35. The molecule has 0 aliphatic carbocycles. The molecule has 0 saturated carbocycles. The Kier molecular flexibility index (Phi) is 6.98. The van der Waals surface area contributed by atoms with Crippen LogP contribution in [0.5, 0.6) is 5.75 Å². The summed E-state index contributed by atoms with van der Waals surface area (Å²) in [5.74, 6) is -0.374. The first kappa shape index (κ1) is 23.6. The number of nitrogens with zero attached hydrogens (tertiary/aromatic N) is 3. The van der Waals surface area contributed by atoms with Crippen LogP contribution in [-0.2, 0) is 30.9 Å². The Hall–Kier alpha value is -2.54. The number of hydrogen-bond donors (Lipinski definition) is 0. The van der Waals surface area contributed by atoms with Gasteiger partial charge in [-0.3, -0.25) is 9.59 Å². The molecule has 1 fully saturated rings. The van der Waals surface area contributed by atoms with Gasteiger partial charge in [-0.2, -0.15) is 9.30 Å². The lowest BCUT2D eigenvalue weighted by Gasteiger charge is -2.20. The summed E-state index contributed by atoms with van der Waals surface area (Å²) in [5, 5.41) is 1.69. The monoisotopic (exact) mass is 509 g/mol. The highest BCUT2D eigenvalue weighted by Crippen LogP contribution is 2.29. The fourth-order valence-electron chi connectivity index (χ4n) is 3.71. The van der Waals surface area contributed by atoms with Crippen LogP contribution < -0.4 is 9.54 Å². The average molecular weight is 510 g/mol. The zero-order valence-electron chi connectivity index (χ0n) is 18.1. The third-order valence-corrected chi connectivity index (χ3v) is 9.56. The number of methoxy groups -OCH3 is 1. The molecule has 1 amide bonds. The predicted molar refractivity (Wildman–Crippen MR) is 125 cm³/mol. The van der Waals surface area contributed by atoms with Gasteiger partial charge in [0, 0.05) is 6.54 Å². The molecule has 176 valence electrons. The number of benzene rings is 1. The van der Waals surface area contributed by atoms with Gasteiger partial charge < -0.3 is 14.0 Å². The number of esters is 1. The fraction of sp³-hybridized carbons (Fsp3) is 0.381. The first-order chi connectivity index (χ1) is 15.8. The third-order valence-electron chi connectivity index (χ3n) is 5.23. The number of sulfonamides is 1. The minimum absolute atomic E-state index is 0.127. The zero-order chi connectivity index (χ0) is 23.6. The molecule has 2 aromatic heterocycles. The van der Waals surface area contributed by atoms with Gasteiger partial charge in [0.25, 0.3) is 15.9 Å². The van der Waals surface area contributed by atoms with Gasteiger partial charge in [-0.25, -0.2) is 8.42 Å². The minimum atomic E-state index is -3.77. The van der Waals surface area contributed by atoms with Gasteiger partial charge in [-0.15, -0.1) is 11.3 Å². The second-order valence-corrected chi connectivity index (χ2v) is 11.3. The average Bonchev–Trinajstić information content (AvgIpc) is 3.55. The number of aromatic nitrogens is 1. The smallest absolute Gasteiger partial charge is 0.325 e. The molecule has 1 aliphatic rings. The van der Waals surface area contributed by atoms with E-state index >= 15 is 0 Å². The molecule has 9 nitrogen and oxygen atoms in total. The first-order valence-corrected chi connectivity index (χ1v) is 13.5. The molecular weight excluding hydrogens is 486 g/mol. The van der Waals surface area contributed by atoms with E-state index in [9.17, 15) is 18.0 Å². The normalized spacial score (nSPS) is 17.5. The van der Waals surface area contributed by atoms with Crippen LogP contribution in [-0.4, -0.2) is 55.5 Å². The number of amides is 1. The molecule has 3 heterocycles. The number of ether oxygens (including phenoxy) is 2. The largest absolute Gasteiger partial charge is 0.494 e. The van der Waals surface area contributed by atoms with Crippen molar-refractivity contribution in [3.63, 3.8) is 0 Å². The van der Waals surface area contributed by atoms with Crippen molar-refractivity contribution < 1.29 is 27.5 Å². The molecule has 1 saturated heterocycles. The summed E-state index contributed by atoms with van der Waals surface area (Å²) in [6.07, 6.45) is 0.964. The summed E-state index contributed by atoms with van der Waals surface area (Å²) in [6, 6.07) is 7.72. The number of carbonyl (C=O) groups excluding carboxylic acids is 2. The zero-order valence-corrected chi connectivity index (χ0v) is 20.5. The van der Waals surface area contributed by atoms with Crippen molar-refractivity contribution in [1.82, 2.24) is 8.87 Å². The number of hydrogen-bond acceptors (Lipinski definition) is 8. The Labute approximate surface area is 198 Å². The lowest BCUT2D eigenvalue weighted by atomic mass is 10.2. The quantitative estimate of drug-likeness (QED) is 0.453. The highest BCUT2D eigenvalue weighted by molar-refractivity contribution is 7.91. The Morgan fingerprint density at radius 1 is 1.27 bits per heavy atom. The summed E-state index contributed by atoms with van der Waals surface area (Å²) in [7, 11) is -2.48. The number of thiazole rings is 1. The molecule has 1 atom stereocenters. The van der Waals surface area contributed by atoms with Crippen LogP contribution in [0.2, 0.25) is 0 Å². The van der Waals surface area contributed by atoms with Crippen LogP contribution in [0.15, 0.2) is 44.9 Å². The number of thiophene rings is 1. The van der Waals surface area contributed by atoms with Crippen LogP contribution in [0.1, 0.15) is 19.8 Å². The molecule has 33 heavy (non-hydrogen) atoms. The lowest BCUT2D eigenvalue weighted by molar-refractivity contribution is -0.141. The van der Waals surface area contributed by atoms with Crippen LogP contribution in [0.25, 0.3) is 10.2 Å². The SMILES string of the molecule is CCOc1ccc2c(c1)sc(=NC(=O)C1CCCN1S(=O)(=O)c1cccs1)n2CC(=O)OC. The summed E-state index contributed by atoms with van der Waals surface area (Å²) < 4.78 is 40.2. The van der Waals surface area contributed by atoms with Gasteiger partial charge in [0.05, 0.1) is 23.9 Å². The maximum atomic E-state index is 13.2. The van der Waals surface area contributed by atoms with E-state index in [1.807, 2.05) is 13.0 Å². The van der Waals surface area contributed by atoms with E-state index in [-0.39, 0.29) is 17.3 Å². The van der Waals surface area contributed by atoms with Crippen LogP contribution >= 0.6 is 22.7 Å². The Balaban J connectivity index is 1.74. The Morgan fingerprint density at radius 3 is 2.79 bits per heavy atom. The van der Waals surface area contributed by atoms with E-state index in [1.165, 1.54) is 28.8 Å². The van der Waals surface area contributed by atoms with E-state index in [0.29, 0.717) is 35.5 Å². The van der Waals surface area contributed by atoms with Gasteiger partial charge in [-0.1, -0.05) is 17.4 Å². The van der Waals surface area contributed by atoms with Crippen molar-refractivity contribution in [2.75, 3.05) is 20.3 Å². The maximum Gasteiger partial charge on any atom is 0.325 e. The second kappa shape index (κ2) is 9.75. The molecule has 12 heteroatoms. The van der Waals surface area contributed by atoms with Crippen LogP contribution in [0.3, 0.4) is 0 Å². The Morgan fingerprint density at radius 2 is 2.09 bits per heavy atom. The van der Waals surface area contributed by atoms with Crippen molar-refractivity contribution >= 4 is 54.8 Å². The number of fused-ring (bicyclic) bond motifs is 1. The lowest BCUT2D eigenvalue weighted by Crippen LogP contribution is -2.40. The minimum Gasteiger partial charge on any atom is -0.494 e. The molecule has 1 aliphatic heterocycles. The van der Waals surface area contributed by atoms with Crippen molar-refractivity contribution in [2.24, 2.45) is 4.99 Å². The highest BCUT2D eigenvalue weighted by Gasteiger charge is 2.40. The topological polar surface area (TPSA) is 107 Å².